The molecule has 1 amide bonds. The van der Waals surface area contributed by atoms with Crippen molar-refractivity contribution in [2.45, 2.75) is 6.42 Å². The first kappa shape index (κ1) is 23.6. The maximum atomic E-state index is 12.4. The molecule has 0 radical (unpaired) electrons. The number of benzene rings is 2. The van der Waals surface area contributed by atoms with Gasteiger partial charge in [0.1, 0.15) is 23.5 Å². The summed E-state index contributed by atoms with van der Waals surface area (Å²) < 4.78 is 1.60. The maximum Gasteiger partial charge on any atom is 0.256 e. The van der Waals surface area contributed by atoms with Crippen molar-refractivity contribution in [3.63, 3.8) is 0 Å². The number of rotatable bonds is 6. The monoisotopic (exact) mass is 530 g/mol. The molecule has 12 heteroatoms. The number of primary amides is 1. The van der Waals surface area contributed by atoms with Gasteiger partial charge in [-0.15, -0.1) is 10.2 Å². The smallest absolute Gasteiger partial charge is 0.256 e. The summed E-state index contributed by atoms with van der Waals surface area (Å²) in [5, 5.41) is 16.2. The molecule has 9 nitrogen and oxygen atoms in total. The average molecular weight is 532 g/mol. The van der Waals surface area contributed by atoms with Crippen LogP contribution in [0.5, 0.6) is 0 Å². The third kappa shape index (κ3) is 4.72. The Morgan fingerprint density at radius 3 is 2.51 bits per heavy atom. The normalized spacial score (nSPS) is 13.9. The number of carbonyl (C=O) groups excluding carboxylic acids is 1. The number of nitrogens with one attached hydrogen (secondary N) is 2. The molecule has 0 atom stereocenters. The number of nitrogens with zero attached hydrogens (tertiary/aromatic N) is 5. The van der Waals surface area contributed by atoms with Gasteiger partial charge in [0, 0.05) is 48.3 Å². The third-order valence-corrected chi connectivity index (χ3v) is 6.85. The van der Waals surface area contributed by atoms with Gasteiger partial charge in [-0.25, -0.2) is 4.98 Å². The molecule has 5 rings (SSSR count). The summed E-state index contributed by atoms with van der Waals surface area (Å²) in [6.45, 7) is 3.55. The molecule has 4 N–H and O–H groups in total. The molecular weight excluding hydrogens is 511 g/mol. The molecule has 1 saturated heterocycles. The Balaban J connectivity index is 1.55. The van der Waals surface area contributed by atoms with Crippen molar-refractivity contribution >= 4 is 63.5 Å². The van der Waals surface area contributed by atoms with E-state index in [0.717, 1.165) is 31.9 Å². The lowest BCUT2D eigenvalue weighted by Gasteiger charge is -2.30. The number of anilines is 3. The number of piperazine rings is 1. The molecule has 1 fully saturated rings. The van der Waals surface area contributed by atoms with E-state index in [1.807, 2.05) is 12.1 Å². The number of amides is 1. The minimum atomic E-state index is -0.691. The van der Waals surface area contributed by atoms with Gasteiger partial charge in [0.25, 0.3) is 5.91 Å². The number of carbonyl (C=O) groups is 1. The Morgan fingerprint density at radius 1 is 1.09 bits per heavy atom. The molecule has 35 heavy (non-hydrogen) atoms. The summed E-state index contributed by atoms with van der Waals surface area (Å²) in [5.41, 5.74) is 8.39. The molecule has 180 valence electrons. The first-order valence-corrected chi connectivity index (χ1v) is 12.0. The van der Waals surface area contributed by atoms with Crippen LogP contribution in [0.2, 0.25) is 15.1 Å². The number of nitrogens with two attached hydrogens (primary N) is 1. The van der Waals surface area contributed by atoms with E-state index in [4.69, 9.17) is 45.5 Å². The van der Waals surface area contributed by atoms with Gasteiger partial charge in [0.05, 0.1) is 10.7 Å². The Kier molecular flexibility index (Phi) is 6.66. The van der Waals surface area contributed by atoms with E-state index in [2.05, 4.69) is 25.7 Å². The zero-order chi connectivity index (χ0) is 24.5. The van der Waals surface area contributed by atoms with Crippen molar-refractivity contribution in [1.82, 2.24) is 24.9 Å². The van der Waals surface area contributed by atoms with E-state index in [1.54, 1.807) is 28.7 Å². The highest BCUT2D eigenvalue weighted by molar-refractivity contribution is 6.36. The van der Waals surface area contributed by atoms with Crippen molar-refractivity contribution in [3.8, 4) is 0 Å². The summed E-state index contributed by atoms with van der Waals surface area (Å²) in [6.07, 6.45) is 1.75. The minimum Gasteiger partial charge on any atom is -0.368 e. The molecule has 0 aliphatic carbocycles. The molecule has 4 aromatic rings. The average Bonchev–Trinajstić information content (AvgIpc) is 3.32. The lowest BCUT2D eigenvalue weighted by atomic mass is 10.1. The summed E-state index contributed by atoms with van der Waals surface area (Å²) in [4.78, 5) is 19.3. The molecule has 2 aromatic carbocycles. The van der Waals surface area contributed by atoms with E-state index in [0.29, 0.717) is 32.1 Å². The van der Waals surface area contributed by atoms with E-state index in [9.17, 15) is 4.79 Å². The molecular formula is C23H21Cl3N8O. The van der Waals surface area contributed by atoms with Crippen molar-refractivity contribution in [2.24, 2.45) is 5.73 Å². The molecule has 0 spiro atoms. The van der Waals surface area contributed by atoms with Crippen LogP contribution in [-0.2, 0) is 6.42 Å². The maximum absolute atomic E-state index is 12.4. The highest BCUT2D eigenvalue weighted by Gasteiger charge is 2.22. The Labute approximate surface area is 216 Å². The highest BCUT2D eigenvalue weighted by atomic mass is 35.5. The first-order chi connectivity index (χ1) is 16.9. The van der Waals surface area contributed by atoms with Gasteiger partial charge in [0.2, 0.25) is 0 Å². The van der Waals surface area contributed by atoms with Gasteiger partial charge < -0.3 is 21.3 Å². The van der Waals surface area contributed by atoms with Crippen LogP contribution in [0.15, 0.2) is 42.7 Å². The number of fused-ring (bicyclic) bond motifs is 1. The fraction of sp³-hybridized carbons (Fsp3) is 0.217. The summed E-state index contributed by atoms with van der Waals surface area (Å²) >= 11 is 19.4. The van der Waals surface area contributed by atoms with Crippen LogP contribution in [0.1, 0.15) is 21.7 Å². The quantitative estimate of drug-likeness (QED) is 0.345. The minimum absolute atomic E-state index is 0.110. The second-order valence-electron chi connectivity index (χ2n) is 8.05. The second-order valence-corrected chi connectivity index (χ2v) is 9.27. The van der Waals surface area contributed by atoms with Gasteiger partial charge in [-0.05, 0) is 35.9 Å². The van der Waals surface area contributed by atoms with Gasteiger partial charge in [-0.2, -0.15) is 0 Å². The Bertz CT molecular complexity index is 1400. The molecule has 0 unspecified atom stereocenters. The van der Waals surface area contributed by atoms with Gasteiger partial charge in [-0.3, -0.25) is 9.20 Å². The van der Waals surface area contributed by atoms with Crippen LogP contribution in [-0.4, -0.2) is 51.7 Å². The first-order valence-electron chi connectivity index (χ1n) is 10.9. The van der Waals surface area contributed by atoms with Crippen LogP contribution in [0.4, 0.5) is 17.2 Å². The summed E-state index contributed by atoms with van der Waals surface area (Å²) in [5.74, 6) is 0.0714. The third-order valence-electron chi connectivity index (χ3n) is 5.84. The molecule has 0 saturated carbocycles. The fourth-order valence-electron chi connectivity index (χ4n) is 4.12. The van der Waals surface area contributed by atoms with E-state index in [-0.39, 0.29) is 23.4 Å². The standard InChI is InChI=1S/C23H21Cl3N8O/c24-15-2-1-3-16(25)14(15)11-19-31-22(20(21(27)35)23-32-29-12-34(19)23)30-13-4-5-18(17(26)10-13)33-8-6-28-7-9-33/h1-5,10,12,28,30H,6-9,11H2,(H2,27,35). The Morgan fingerprint density at radius 2 is 1.83 bits per heavy atom. The van der Waals surface area contributed by atoms with Crippen LogP contribution < -0.4 is 21.3 Å². The summed E-state index contributed by atoms with van der Waals surface area (Å²) in [6, 6.07) is 10.9. The number of halogens is 3. The van der Waals surface area contributed by atoms with Crippen LogP contribution in [0, 0.1) is 0 Å². The van der Waals surface area contributed by atoms with Crippen molar-refractivity contribution < 1.29 is 4.79 Å². The zero-order valence-corrected chi connectivity index (χ0v) is 20.7. The number of hydrogen-bond acceptors (Lipinski definition) is 7. The molecule has 2 aromatic heterocycles. The fourth-order valence-corrected chi connectivity index (χ4v) is 4.96. The number of hydrogen-bond donors (Lipinski definition) is 3. The van der Waals surface area contributed by atoms with Crippen molar-refractivity contribution in [2.75, 3.05) is 36.4 Å². The van der Waals surface area contributed by atoms with E-state index < -0.39 is 5.91 Å². The van der Waals surface area contributed by atoms with Crippen molar-refractivity contribution in [3.05, 3.63) is 74.7 Å². The summed E-state index contributed by atoms with van der Waals surface area (Å²) in [7, 11) is 0. The van der Waals surface area contributed by atoms with Gasteiger partial charge in [0.15, 0.2) is 5.65 Å². The van der Waals surface area contributed by atoms with Gasteiger partial charge >= 0.3 is 0 Å². The SMILES string of the molecule is NC(=O)c1c(Nc2ccc(N3CCNCC3)c(Cl)c2)nc(Cc2c(Cl)cccc2Cl)n2cnnc12. The van der Waals surface area contributed by atoms with Gasteiger partial charge in [-0.1, -0.05) is 40.9 Å². The molecule has 1 aliphatic heterocycles. The molecule has 0 bridgehead atoms. The highest BCUT2D eigenvalue weighted by Crippen LogP contribution is 2.32. The molecule has 3 heterocycles. The van der Waals surface area contributed by atoms with Crippen molar-refractivity contribution in [1.29, 1.82) is 0 Å². The predicted octanol–water partition coefficient (Wildman–Crippen LogP) is 3.93. The predicted molar refractivity (Wildman–Crippen MR) is 138 cm³/mol. The Hall–Kier alpha value is -3.11. The lowest BCUT2D eigenvalue weighted by Crippen LogP contribution is -2.43. The molecule has 1 aliphatic rings. The lowest BCUT2D eigenvalue weighted by molar-refractivity contribution is 0.100. The second kappa shape index (κ2) is 9.87. The topological polar surface area (TPSA) is 113 Å². The largest absolute Gasteiger partial charge is 0.368 e. The zero-order valence-electron chi connectivity index (χ0n) is 18.4. The van der Waals surface area contributed by atoms with Crippen LogP contribution in [0.3, 0.4) is 0 Å². The van der Waals surface area contributed by atoms with E-state index >= 15 is 0 Å². The van der Waals surface area contributed by atoms with Crippen LogP contribution in [0.25, 0.3) is 5.65 Å². The van der Waals surface area contributed by atoms with Crippen LogP contribution >= 0.6 is 34.8 Å². The van der Waals surface area contributed by atoms with E-state index in [1.165, 1.54) is 6.33 Å². The number of aromatic nitrogens is 4.